The normalized spacial score (nSPS) is 20.2. The number of carbonyl (C=O) groups is 1. The standard InChI is InChI=1S/C27H44O2/c1-5-7-9-11-13-21-17-22(19-24(28)18-21)25-15-14-23(20-26(25)29)27(3,4)16-12-10-8-6-2/h14-15,20-22,29H,5-13,16-19H2,1-4H3/t21-,22+/m0/s1. The fraction of sp³-hybridized carbons (Fsp3) is 0.741. The summed E-state index contributed by atoms with van der Waals surface area (Å²) in [6, 6.07) is 6.28. The van der Waals surface area contributed by atoms with Crippen LogP contribution in [0.25, 0.3) is 0 Å². The van der Waals surface area contributed by atoms with Gasteiger partial charge >= 0.3 is 0 Å². The molecule has 0 spiro atoms. The number of ketones is 1. The summed E-state index contributed by atoms with van der Waals surface area (Å²) < 4.78 is 0. The molecule has 2 atom stereocenters. The highest BCUT2D eigenvalue weighted by Gasteiger charge is 2.30. The van der Waals surface area contributed by atoms with Gasteiger partial charge < -0.3 is 5.11 Å². The first kappa shape index (κ1) is 24.0. The molecule has 1 aliphatic carbocycles. The fourth-order valence-corrected chi connectivity index (χ4v) is 5.01. The Balaban J connectivity index is 2.01. The first-order chi connectivity index (χ1) is 13.9. The van der Waals surface area contributed by atoms with Crippen LogP contribution in [0.15, 0.2) is 18.2 Å². The van der Waals surface area contributed by atoms with Gasteiger partial charge in [0.2, 0.25) is 0 Å². The van der Waals surface area contributed by atoms with Crippen molar-refractivity contribution in [3.05, 3.63) is 29.3 Å². The van der Waals surface area contributed by atoms with E-state index in [2.05, 4.69) is 39.8 Å². The molecule has 1 N–H and O–H groups in total. The summed E-state index contributed by atoms with van der Waals surface area (Å²) in [5, 5.41) is 10.8. The number of phenols is 1. The molecule has 1 aliphatic rings. The predicted molar refractivity (Wildman–Crippen MR) is 124 cm³/mol. The molecular formula is C27H44O2. The zero-order chi connectivity index (χ0) is 21.3. The second-order valence-electron chi connectivity index (χ2n) is 10.1. The number of benzene rings is 1. The summed E-state index contributed by atoms with van der Waals surface area (Å²) in [4.78, 5) is 12.4. The van der Waals surface area contributed by atoms with E-state index in [1.54, 1.807) is 0 Å². The van der Waals surface area contributed by atoms with Crippen molar-refractivity contribution in [1.29, 1.82) is 0 Å². The van der Waals surface area contributed by atoms with Gasteiger partial charge in [0, 0.05) is 12.8 Å². The van der Waals surface area contributed by atoms with Crippen LogP contribution in [0.2, 0.25) is 0 Å². The van der Waals surface area contributed by atoms with Crippen molar-refractivity contribution in [3.63, 3.8) is 0 Å². The maximum absolute atomic E-state index is 12.4. The molecule has 1 aromatic carbocycles. The maximum atomic E-state index is 12.4. The second kappa shape index (κ2) is 11.8. The average Bonchev–Trinajstić information content (AvgIpc) is 2.68. The third-order valence-electron chi connectivity index (χ3n) is 6.98. The Morgan fingerprint density at radius 1 is 0.966 bits per heavy atom. The van der Waals surface area contributed by atoms with E-state index in [0.29, 0.717) is 23.9 Å². The van der Waals surface area contributed by atoms with Crippen molar-refractivity contribution < 1.29 is 9.90 Å². The second-order valence-corrected chi connectivity index (χ2v) is 10.1. The fourth-order valence-electron chi connectivity index (χ4n) is 5.01. The number of rotatable bonds is 12. The monoisotopic (exact) mass is 400 g/mol. The molecule has 2 nitrogen and oxygen atoms in total. The van der Waals surface area contributed by atoms with Gasteiger partial charge in [-0.05, 0) is 47.3 Å². The van der Waals surface area contributed by atoms with Crippen molar-refractivity contribution in [2.24, 2.45) is 5.92 Å². The number of hydrogen-bond donors (Lipinski definition) is 1. The number of aromatic hydroxyl groups is 1. The highest BCUT2D eigenvalue weighted by Crippen LogP contribution is 2.42. The lowest BCUT2D eigenvalue weighted by atomic mass is 9.74. The van der Waals surface area contributed by atoms with Crippen LogP contribution in [0.1, 0.15) is 128 Å². The molecule has 0 heterocycles. The molecule has 0 bridgehead atoms. The van der Waals surface area contributed by atoms with Gasteiger partial charge in [-0.15, -0.1) is 0 Å². The third kappa shape index (κ3) is 7.46. The van der Waals surface area contributed by atoms with E-state index < -0.39 is 0 Å². The van der Waals surface area contributed by atoms with Crippen LogP contribution in [0.3, 0.4) is 0 Å². The molecule has 164 valence electrons. The van der Waals surface area contributed by atoms with Crippen molar-refractivity contribution >= 4 is 5.78 Å². The zero-order valence-corrected chi connectivity index (χ0v) is 19.4. The smallest absolute Gasteiger partial charge is 0.133 e. The van der Waals surface area contributed by atoms with Crippen molar-refractivity contribution in [1.82, 2.24) is 0 Å². The highest BCUT2D eigenvalue weighted by atomic mass is 16.3. The Kier molecular flexibility index (Phi) is 9.72. The van der Waals surface area contributed by atoms with Crippen LogP contribution in [-0.2, 0) is 10.2 Å². The average molecular weight is 401 g/mol. The molecule has 2 heteroatoms. The molecule has 1 saturated carbocycles. The topological polar surface area (TPSA) is 37.3 Å². The van der Waals surface area contributed by atoms with Gasteiger partial charge in [-0.1, -0.05) is 97.6 Å². The van der Waals surface area contributed by atoms with Crippen LogP contribution in [0.4, 0.5) is 0 Å². The van der Waals surface area contributed by atoms with Crippen molar-refractivity contribution in [2.45, 2.75) is 122 Å². The molecule has 0 unspecified atom stereocenters. The van der Waals surface area contributed by atoms with Gasteiger partial charge in [0.1, 0.15) is 11.5 Å². The largest absolute Gasteiger partial charge is 0.508 e. The minimum absolute atomic E-state index is 0.0773. The highest BCUT2D eigenvalue weighted by molar-refractivity contribution is 5.80. The van der Waals surface area contributed by atoms with Crippen LogP contribution in [0.5, 0.6) is 5.75 Å². The van der Waals surface area contributed by atoms with E-state index in [-0.39, 0.29) is 11.3 Å². The van der Waals surface area contributed by atoms with Gasteiger partial charge in [0.15, 0.2) is 0 Å². The Morgan fingerprint density at radius 3 is 2.31 bits per heavy atom. The van der Waals surface area contributed by atoms with Crippen LogP contribution in [-0.4, -0.2) is 10.9 Å². The summed E-state index contributed by atoms with van der Waals surface area (Å²) >= 11 is 0. The van der Waals surface area contributed by atoms with E-state index in [1.807, 2.05) is 6.07 Å². The minimum Gasteiger partial charge on any atom is -0.508 e. The Morgan fingerprint density at radius 2 is 1.66 bits per heavy atom. The van der Waals surface area contributed by atoms with Gasteiger partial charge in [-0.2, -0.15) is 0 Å². The van der Waals surface area contributed by atoms with E-state index in [1.165, 1.54) is 56.9 Å². The first-order valence-corrected chi connectivity index (χ1v) is 12.2. The quantitative estimate of drug-likeness (QED) is 0.360. The summed E-state index contributed by atoms with van der Waals surface area (Å²) in [5.74, 6) is 1.45. The molecule has 0 amide bonds. The van der Waals surface area contributed by atoms with Crippen LogP contribution < -0.4 is 0 Å². The first-order valence-electron chi connectivity index (χ1n) is 12.2. The van der Waals surface area contributed by atoms with E-state index >= 15 is 0 Å². The van der Waals surface area contributed by atoms with E-state index in [4.69, 9.17) is 0 Å². The lowest BCUT2D eigenvalue weighted by Crippen LogP contribution is -2.22. The maximum Gasteiger partial charge on any atom is 0.133 e. The summed E-state index contributed by atoms with van der Waals surface area (Å²) in [6.45, 7) is 9.04. The predicted octanol–water partition coefficient (Wildman–Crippen LogP) is 8.06. The van der Waals surface area contributed by atoms with E-state index in [0.717, 1.165) is 31.2 Å². The SMILES string of the molecule is CCCCCC[C@@H]1CC(=O)C[C@H](c2ccc(C(C)(C)CCCCCC)cc2O)C1. The van der Waals surface area contributed by atoms with Crippen molar-refractivity contribution in [3.8, 4) is 5.75 Å². The molecule has 2 rings (SSSR count). The summed E-state index contributed by atoms with van der Waals surface area (Å²) in [6.07, 6.45) is 14.8. The Bertz CT molecular complexity index is 631. The minimum atomic E-state index is 0.0773. The van der Waals surface area contributed by atoms with E-state index in [9.17, 15) is 9.90 Å². The molecule has 0 saturated heterocycles. The number of Topliss-reactive ketones (excluding diaryl/α,β-unsaturated/α-hetero) is 1. The third-order valence-corrected chi connectivity index (χ3v) is 6.98. The van der Waals surface area contributed by atoms with Gasteiger partial charge in [-0.3, -0.25) is 4.79 Å². The van der Waals surface area contributed by atoms with Crippen molar-refractivity contribution in [2.75, 3.05) is 0 Å². The lowest BCUT2D eigenvalue weighted by molar-refractivity contribution is -0.122. The van der Waals surface area contributed by atoms with Gasteiger partial charge in [-0.25, -0.2) is 0 Å². The molecular weight excluding hydrogens is 356 g/mol. The molecule has 0 aromatic heterocycles. The number of unbranched alkanes of at least 4 members (excludes halogenated alkanes) is 6. The summed E-state index contributed by atoms with van der Waals surface area (Å²) in [7, 11) is 0. The number of phenolic OH excluding ortho intramolecular Hbond substituents is 1. The summed E-state index contributed by atoms with van der Waals surface area (Å²) in [5.41, 5.74) is 2.28. The molecule has 29 heavy (non-hydrogen) atoms. The Labute approximate surface area is 179 Å². The molecule has 1 fully saturated rings. The van der Waals surface area contributed by atoms with Gasteiger partial charge in [0.25, 0.3) is 0 Å². The number of hydrogen-bond acceptors (Lipinski definition) is 2. The lowest BCUT2D eigenvalue weighted by Gasteiger charge is -2.30. The number of carbonyl (C=O) groups excluding carboxylic acids is 1. The molecule has 0 aliphatic heterocycles. The van der Waals surface area contributed by atoms with Crippen LogP contribution >= 0.6 is 0 Å². The van der Waals surface area contributed by atoms with Crippen LogP contribution in [0, 0.1) is 5.92 Å². The zero-order valence-electron chi connectivity index (χ0n) is 19.4. The van der Waals surface area contributed by atoms with Gasteiger partial charge in [0.05, 0.1) is 0 Å². The molecule has 0 radical (unpaired) electrons. The Hall–Kier alpha value is -1.31. The molecule has 1 aromatic rings.